The zero-order valence-electron chi connectivity index (χ0n) is 82.9. The molecular weight excluding hydrogens is 1740 g/mol. The number of anilines is 12. The van der Waals surface area contributed by atoms with Crippen molar-refractivity contribution in [3.63, 3.8) is 0 Å². The zero-order valence-corrected chi connectivity index (χ0v) is 82.9. The fourth-order valence-corrected chi connectivity index (χ4v) is 22.2. The number of hydrogen-bond donors (Lipinski definition) is 0. The summed E-state index contributed by atoms with van der Waals surface area (Å²) >= 11 is 0. The van der Waals surface area contributed by atoms with E-state index in [1.54, 1.807) is 0 Å². The Morgan fingerprint density at radius 3 is 0.648 bits per heavy atom. The van der Waals surface area contributed by atoms with Crippen molar-refractivity contribution in [2.45, 2.75) is 132 Å². The van der Waals surface area contributed by atoms with Crippen LogP contribution in [-0.4, -0.2) is 0 Å². The number of fused-ring (bicyclic) bond motifs is 22. The lowest BCUT2D eigenvalue weighted by Crippen LogP contribution is -2.11. The number of furan rings is 6. The van der Waals surface area contributed by atoms with Crippen LogP contribution in [0.3, 0.4) is 0 Å². The average Bonchev–Trinajstić information content (AvgIpc) is 1.53. The first-order valence-electron chi connectivity index (χ1n) is 49.5. The summed E-state index contributed by atoms with van der Waals surface area (Å²) in [6.07, 6.45) is 0. The van der Waals surface area contributed by atoms with Crippen LogP contribution in [0.5, 0.6) is 0 Å². The molecule has 6 heterocycles. The third-order valence-corrected chi connectivity index (χ3v) is 29.2. The molecule has 26 aromatic rings. The standard InChI is InChI=1S/2C66H54N2O3/c1-39-15-9-17-45(31-39)67(57-25-13-21-51-49-19-11-23-55(65(3,4)5)61(49)70-63(51)57)47-29-27-41-37-59-53(35-43(41)33-47)54-36-44-34-48(30-28-42(44)38-60(54)69-59)68(46-18-10-16-40(2)32-46)58-26-14-22-52-50-20-12-24-56(66(6,7)8)62(50)71-64(52)58;1-39-17-9-11-25-55(39)67(57-27-15-21-49-47-19-13-23-53(65(3,4)5)61(47)70-63(49)57)45-31-29-41-37-59-51(35-43(41)33-45)52-36-44-34-46(32-30-42(44)38-60(52)69-59)68(56-26-12-10-18-40(56)2)58-28-16-22-50-48-20-14-24-54(66(6,7)8)62(48)71-64(50)58/h2*9-38H,1-8H3. The van der Waals surface area contributed by atoms with Crippen LogP contribution in [0.25, 0.3) is 175 Å². The molecular formula is C132H108N4O6. The molecule has 0 saturated heterocycles. The van der Waals surface area contributed by atoms with Gasteiger partial charge in [0.2, 0.25) is 0 Å². The molecule has 692 valence electrons. The predicted molar refractivity (Wildman–Crippen MR) is 599 cm³/mol. The third-order valence-electron chi connectivity index (χ3n) is 29.2. The van der Waals surface area contributed by atoms with Crippen molar-refractivity contribution in [3.8, 4) is 0 Å². The van der Waals surface area contributed by atoms with Crippen molar-refractivity contribution in [1.29, 1.82) is 0 Å². The van der Waals surface area contributed by atoms with Gasteiger partial charge in [0.15, 0.2) is 22.3 Å². The molecule has 142 heavy (non-hydrogen) atoms. The van der Waals surface area contributed by atoms with Gasteiger partial charge in [-0.15, -0.1) is 0 Å². The second-order valence-electron chi connectivity index (χ2n) is 43.1. The summed E-state index contributed by atoms with van der Waals surface area (Å²) in [6, 6.07) is 132. The first kappa shape index (κ1) is 87.0. The first-order chi connectivity index (χ1) is 68.5. The highest BCUT2D eigenvalue weighted by Gasteiger charge is 2.32. The maximum atomic E-state index is 6.99. The summed E-state index contributed by atoms with van der Waals surface area (Å²) in [7, 11) is 0. The molecule has 0 unspecified atom stereocenters. The van der Waals surface area contributed by atoms with Gasteiger partial charge in [0.25, 0.3) is 0 Å². The molecule has 10 heteroatoms. The van der Waals surface area contributed by atoms with Crippen molar-refractivity contribution >= 4 is 243 Å². The smallest absolute Gasteiger partial charge is 0.159 e. The Hall–Kier alpha value is -16.6. The average molecular weight is 1850 g/mol. The van der Waals surface area contributed by atoms with E-state index in [2.05, 4.69) is 494 Å². The van der Waals surface area contributed by atoms with Crippen LogP contribution in [0, 0.1) is 27.7 Å². The van der Waals surface area contributed by atoms with Crippen LogP contribution in [0.4, 0.5) is 68.2 Å². The van der Waals surface area contributed by atoms with Crippen molar-refractivity contribution in [1.82, 2.24) is 0 Å². The van der Waals surface area contributed by atoms with Crippen molar-refractivity contribution in [2.75, 3.05) is 19.6 Å². The Bertz CT molecular complexity index is 9170. The van der Waals surface area contributed by atoms with E-state index >= 15 is 0 Å². The molecule has 0 saturated carbocycles. The maximum absolute atomic E-state index is 6.99. The molecule has 20 aromatic carbocycles. The van der Waals surface area contributed by atoms with E-state index in [4.69, 9.17) is 26.5 Å². The highest BCUT2D eigenvalue weighted by Crippen LogP contribution is 2.54. The summed E-state index contributed by atoms with van der Waals surface area (Å²) in [4.78, 5) is 9.41. The van der Waals surface area contributed by atoms with Gasteiger partial charge < -0.3 is 46.1 Å². The number of para-hydroxylation sites is 10. The Kier molecular flexibility index (Phi) is 19.9. The van der Waals surface area contributed by atoms with Crippen molar-refractivity contribution < 1.29 is 26.5 Å². The highest BCUT2D eigenvalue weighted by molar-refractivity contribution is 6.20. The summed E-state index contributed by atoms with van der Waals surface area (Å²) in [5, 5.41) is 22.2. The molecule has 0 atom stereocenters. The van der Waals surface area contributed by atoms with Gasteiger partial charge in [-0.25, -0.2) is 0 Å². The van der Waals surface area contributed by atoms with E-state index < -0.39 is 0 Å². The molecule has 0 N–H and O–H groups in total. The molecule has 6 aromatic heterocycles. The number of nitrogens with zero attached hydrogens (tertiary/aromatic N) is 4. The minimum absolute atomic E-state index is 0.0799. The molecule has 0 radical (unpaired) electrons. The van der Waals surface area contributed by atoms with Crippen molar-refractivity contribution in [3.05, 3.63) is 408 Å². The summed E-state index contributed by atoms with van der Waals surface area (Å²) in [6.45, 7) is 35.6. The lowest BCUT2D eigenvalue weighted by Gasteiger charge is -2.27. The van der Waals surface area contributed by atoms with E-state index in [9.17, 15) is 0 Å². The molecule has 0 bridgehead atoms. The molecule has 0 spiro atoms. The minimum atomic E-state index is -0.0805. The summed E-state index contributed by atoms with van der Waals surface area (Å²) in [5.74, 6) is 0. The molecule has 0 fully saturated rings. The van der Waals surface area contributed by atoms with Gasteiger partial charge in [-0.1, -0.05) is 289 Å². The van der Waals surface area contributed by atoms with Crippen LogP contribution in [0.2, 0.25) is 0 Å². The summed E-state index contributed by atoms with van der Waals surface area (Å²) in [5.41, 5.74) is 32.4. The SMILES string of the molecule is Cc1cccc(N(c2ccc3cc4oc5cc6ccc(N(c7cccc(C)c7)c7cccc8c7oc7c(C(C)(C)C)cccc78)cc6cc5c4cc3c2)c2cccc3c2oc2c(C(C)(C)C)cccc23)c1.Cc1ccccc1N(c1ccc2cc3oc4cc5ccc(N(c6ccccc6C)c6cccc7c6oc6c(C(C)(C)C)cccc67)cc5cc4c3cc2c1)c1cccc2c1oc1c(C(C)(C)C)cccc12. The summed E-state index contributed by atoms with van der Waals surface area (Å²) < 4.78 is 41.3. The van der Waals surface area contributed by atoms with E-state index in [0.29, 0.717) is 0 Å². The van der Waals surface area contributed by atoms with Gasteiger partial charge in [-0.3, -0.25) is 0 Å². The van der Waals surface area contributed by atoms with Crippen LogP contribution in [-0.2, 0) is 21.7 Å². The molecule has 0 aliphatic carbocycles. The highest BCUT2D eigenvalue weighted by atomic mass is 16.4. The molecule has 0 amide bonds. The van der Waals surface area contributed by atoms with Crippen LogP contribution >= 0.6 is 0 Å². The van der Waals surface area contributed by atoms with E-state index in [1.807, 2.05) is 0 Å². The number of aryl methyl sites for hydroxylation is 4. The molecule has 26 rings (SSSR count). The van der Waals surface area contributed by atoms with Crippen LogP contribution in [0.15, 0.2) is 390 Å². The first-order valence-corrected chi connectivity index (χ1v) is 49.5. The van der Waals surface area contributed by atoms with E-state index in [-0.39, 0.29) is 21.7 Å². The van der Waals surface area contributed by atoms with Crippen molar-refractivity contribution in [2.24, 2.45) is 0 Å². The van der Waals surface area contributed by atoms with Gasteiger partial charge in [-0.2, -0.15) is 0 Å². The lowest BCUT2D eigenvalue weighted by molar-refractivity contribution is 0.572. The fraction of sp³-hybridized carbons (Fsp3) is 0.152. The van der Waals surface area contributed by atoms with Crippen LogP contribution in [0.1, 0.15) is 128 Å². The minimum Gasteiger partial charge on any atom is -0.456 e. The van der Waals surface area contributed by atoms with Gasteiger partial charge in [0.1, 0.15) is 44.7 Å². The quantitative estimate of drug-likeness (QED) is 0.118. The fourth-order valence-electron chi connectivity index (χ4n) is 22.2. The molecule has 0 aliphatic rings. The number of hydrogen-bond acceptors (Lipinski definition) is 10. The van der Waals surface area contributed by atoms with E-state index in [1.165, 1.54) is 44.5 Å². The van der Waals surface area contributed by atoms with Gasteiger partial charge in [0.05, 0.1) is 22.7 Å². The normalized spacial score (nSPS) is 12.5. The Morgan fingerprint density at radius 2 is 0.387 bits per heavy atom. The second-order valence-corrected chi connectivity index (χ2v) is 43.1. The topological polar surface area (TPSA) is 91.8 Å². The second kappa shape index (κ2) is 32.5. The van der Waals surface area contributed by atoms with Gasteiger partial charge in [0, 0.05) is 132 Å². The van der Waals surface area contributed by atoms with Gasteiger partial charge >= 0.3 is 0 Å². The number of rotatable bonds is 12. The van der Waals surface area contributed by atoms with Gasteiger partial charge in [-0.05, 0) is 272 Å². The number of benzene rings is 20. The monoisotopic (exact) mass is 1840 g/mol. The molecule has 0 aliphatic heterocycles. The maximum Gasteiger partial charge on any atom is 0.159 e. The zero-order chi connectivity index (χ0) is 97.0. The molecule has 10 nitrogen and oxygen atoms in total. The third kappa shape index (κ3) is 14.5. The Balaban J connectivity index is 0.000000149. The van der Waals surface area contributed by atoms with E-state index in [0.717, 1.165) is 243 Å². The largest absolute Gasteiger partial charge is 0.456 e. The predicted octanol–water partition coefficient (Wildman–Crippen LogP) is 39.7. The Morgan fingerprint density at radius 1 is 0.162 bits per heavy atom. The van der Waals surface area contributed by atoms with Crippen LogP contribution < -0.4 is 19.6 Å². The Labute approximate surface area is 824 Å². The lowest BCUT2D eigenvalue weighted by atomic mass is 9.86.